The molecule has 1 aliphatic heterocycles. The topological polar surface area (TPSA) is 49.4 Å². The van der Waals surface area contributed by atoms with Crippen LogP contribution in [0, 0.1) is 0 Å². The summed E-state index contributed by atoms with van der Waals surface area (Å²) < 4.78 is 62.3. The summed E-state index contributed by atoms with van der Waals surface area (Å²) in [6.45, 7) is 4.71. The third-order valence-electron chi connectivity index (χ3n) is 3.61. The van der Waals surface area contributed by atoms with E-state index in [2.05, 4.69) is 5.32 Å². The van der Waals surface area contributed by atoms with Crippen molar-refractivity contribution in [3.8, 4) is 0 Å². The fourth-order valence-electron chi connectivity index (χ4n) is 2.51. The first-order valence-electron chi connectivity index (χ1n) is 7.41. The Bertz CT molecular complexity index is 404. The van der Waals surface area contributed by atoms with Crippen LogP contribution in [0.4, 0.5) is 13.2 Å². The highest BCUT2D eigenvalue weighted by Gasteiger charge is 2.31. The van der Waals surface area contributed by atoms with Crippen molar-refractivity contribution in [2.75, 3.05) is 18.8 Å². The lowest BCUT2D eigenvalue weighted by atomic mass is 10.1. The number of nitrogens with zero attached hydrogens (tertiary/aromatic N) is 1. The Kier molecular flexibility index (Phi) is 6.93. The predicted molar refractivity (Wildman–Crippen MR) is 76.6 cm³/mol. The van der Waals surface area contributed by atoms with Crippen LogP contribution in [0.15, 0.2) is 0 Å². The van der Waals surface area contributed by atoms with Crippen molar-refractivity contribution in [2.24, 2.45) is 0 Å². The Labute approximate surface area is 125 Å². The summed E-state index contributed by atoms with van der Waals surface area (Å²) in [4.78, 5) is 0. The summed E-state index contributed by atoms with van der Waals surface area (Å²) in [6.07, 6.45) is -2.70. The van der Waals surface area contributed by atoms with Gasteiger partial charge in [-0.3, -0.25) is 0 Å². The maximum atomic E-state index is 12.3. The molecule has 0 radical (unpaired) electrons. The van der Waals surface area contributed by atoms with E-state index in [1.807, 2.05) is 0 Å². The standard InChI is InChI=1S/C13H25F3N2O2S/c1-11(2)18(10-12-6-3-4-8-17-12)21(19,20)9-5-7-13(14,15)16/h11-12,17H,3-10H2,1-2H3. The lowest BCUT2D eigenvalue weighted by Crippen LogP contribution is -2.48. The second-order valence-electron chi connectivity index (χ2n) is 5.85. The number of alkyl halides is 3. The Morgan fingerprint density at radius 2 is 1.95 bits per heavy atom. The fraction of sp³-hybridized carbons (Fsp3) is 1.00. The SMILES string of the molecule is CC(C)N(CC1CCCCN1)S(=O)(=O)CCCC(F)(F)F. The van der Waals surface area contributed by atoms with E-state index in [9.17, 15) is 21.6 Å². The maximum Gasteiger partial charge on any atom is 0.389 e. The van der Waals surface area contributed by atoms with Crippen molar-refractivity contribution in [3.05, 3.63) is 0 Å². The summed E-state index contributed by atoms with van der Waals surface area (Å²) in [7, 11) is -3.65. The smallest absolute Gasteiger partial charge is 0.313 e. The first-order chi connectivity index (χ1) is 9.62. The highest BCUT2D eigenvalue weighted by Crippen LogP contribution is 2.23. The van der Waals surface area contributed by atoms with Crippen LogP contribution in [-0.2, 0) is 10.0 Å². The molecule has 1 N–H and O–H groups in total. The van der Waals surface area contributed by atoms with Crippen LogP contribution >= 0.6 is 0 Å². The quantitative estimate of drug-likeness (QED) is 0.780. The second kappa shape index (κ2) is 7.78. The van der Waals surface area contributed by atoms with Gasteiger partial charge in [0.1, 0.15) is 0 Å². The van der Waals surface area contributed by atoms with E-state index in [1.54, 1.807) is 13.8 Å². The first kappa shape index (κ1) is 18.7. The number of nitrogens with one attached hydrogen (secondary N) is 1. The molecule has 126 valence electrons. The van der Waals surface area contributed by atoms with Crippen molar-refractivity contribution in [1.29, 1.82) is 0 Å². The van der Waals surface area contributed by atoms with Crippen molar-refractivity contribution < 1.29 is 21.6 Å². The van der Waals surface area contributed by atoms with E-state index in [0.717, 1.165) is 25.8 Å². The number of hydrogen-bond acceptors (Lipinski definition) is 3. The molecule has 4 nitrogen and oxygen atoms in total. The largest absolute Gasteiger partial charge is 0.389 e. The minimum absolute atomic E-state index is 0.0959. The van der Waals surface area contributed by atoms with Crippen molar-refractivity contribution >= 4 is 10.0 Å². The van der Waals surface area contributed by atoms with Crippen LogP contribution in [0.25, 0.3) is 0 Å². The van der Waals surface area contributed by atoms with Gasteiger partial charge in [-0.05, 0) is 39.7 Å². The van der Waals surface area contributed by atoms with Gasteiger partial charge in [-0.1, -0.05) is 6.42 Å². The molecule has 0 aliphatic carbocycles. The van der Waals surface area contributed by atoms with Crippen LogP contribution < -0.4 is 5.32 Å². The lowest BCUT2D eigenvalue weighted by molar-refractivity contribution is -0.134. The molecule has 1 saturated heterocycles. The molecule has 0 spiro atoms. The number of piperidine rings is 1. The molecule has 0 saturated carbocycles. The first-order valence-corrected chi connectivity index (χ1v) is 9.02. The monoisotopic (exact) mass is 330 g/mol. The van der Waals surface area contributed by atoms with Crippen molar-refractivity contribution in [1.82, 2.24) is 9.62 Å². The maximum absolute atomic E-state index is 12.3. The fourth-order valence-corrected chi connectivity index (χ4v) is 4.31. The van der Waals surface area contributed by atoms with Crippen molar-refractivity contribution in [3.63, 3.8) is 0 Å². The summed E-state index contributed by atoms with van der Waals surface area (Å²) in [5.41, 5.74) is 0. The third kappa shape index (κ3) is 6.97. The van der Waals surface area contributed by atoms with Crippen LogP contribution in [0.1, 0.15) is 46.0 Å². The summed E-state index contributed by atoms with van der Waals surface area (Å²) in [5, 5.41) is 3.27. The van der Waals surface area contributed by atoms with E-state index < -0.39 is 28.4 Å². The zero-order valence-corrected chi connectivity index (χ0v) is 13.4. The third-order valence-corrected chi connectivity index (χ3v) is 5.70. The molecule has 1 rings (SSSR count). The van der Waals surface area contributed by atoms with Crippen molar-refractivity contribution in [2.45, 2.75) is 64.2 Å². The Morgan fingerprint density at radius 1 is 1.29 bits per heavy atom. The van der Waals surface area contributed by atoms with Crippen LogP contribution in [0.5, 0.6) is 0 Å². The van der Waals surface area contributed by atoms with Gasteiger partial charge in [0.25, 0.3) is 0 Å². The highest BCUT2D eigenvalue weighted by atomic mass is 32.2. The van der Waals surface area contributed by atoms with Gasteiger partial charge in [0.15, 0.2) is 0 Å². The molecular weight excluding hydrogens is 305 g/mol. The molecule has 0 aromatic carbocycles. The molecule has 0 amide bonds. The summed E-state index contributed by atoms with van der Waals surface area (Å²) >= 11 is 0. The van der Waals surface area contributed by atoms with Crippen LogP contribution in [0.3, 0.4) is 0 Å². The molecule has 1 unspecified atom stereocenters. The molecule has 0 aromatic rings. The average Bonchev–Trinajstić information content (AvgIpc) is 2.34. The number of hydrogen-bond donors (Lipinski definition) is 1. The highest BCUT2D eigenvalue weighted by molar-refractivity contribution is 7.89. The minimum Gasteiger partial charge on any atom is -0.313 e. The van der Waals surface area contributed by atoms with E-state index in [1.165, 1.54) is 4.31 Å². The Balaban J connectivity index is 2.60. The molecule has 1 fully saturated rings. The molecule has 8 heteroatoms. The van der Waals surface area contributed by atoms with Gasteiger partial charge >= 0.3 is 6.18 Å². The summed E-state index contributed by atoms with van der Waals surface area (Å²) in [6, 6.07) is -0.150. The number of rotatable bonds is 7. The predicted octanol–water partition coefficient (Wildman–Crippen LogP) is 2.51. The molecule has 0 bridgehead atoms. The molecule has 21 heavy (non-hydrogen) atoms. The molecule has 1 aliphatic rings. The Morgan fingerprint density at radius 3 is 2.43 bits per heavy atom. The van der Waals surface area contributed by atoms with E-state index in [0.29, 0.717) is 6.54 Å². The van der Waals surface area contributed by atoms with E-state index in [-0.39, 0.29) is 18.5 Å². The normalized spacial score (nSPS) is 21.2. The van der Waals surface area contributed by atoms with E-state index >= 15 is 0 Å². The lowest BCUT2D eigenvalue weighted by Gasteiger charge is -2.32. The van der Waals surface area contributed by atoms with Gasteiger partial charge in [0, 0.05) is 25.0 Å². The molecule has 1 atom stereocenters. The van der Waals surface area contributed by atoms with Gasteiger partial charge < -0.3 is 5.32 Å². The van der Waals surface area contributed by atoms with Gasteiger partial charge in [0.05, 0.1) is 5.75 Å². The van der Waals surface area contributed by atoms with Gasteiger partial charge in [-0.25, -0.2) is 8.42 Å². The zero-order valence-electron chi connectivity index (χ0n) is 12.6. The Hall–Kier alpha value is -0.340. The van der Waals surface area contributed by atoms with E-state index in [4.69, 9.17) is 0 Å². The summed E-state index contributed by atoms with van der Waals surface area (Å²) in [5.74, 6) is -0.447. The van der Waals surface area contributed by atoms with Gasteiger partial charge in [-0.2, -0.15) is 17.5 Å². The second-order valence-corrected chi connectivity index (χ2v) is 7.89. The van der Waals surface area contributed by atoms with Crippen LogP contribution in [0.2, 0.25) is 0 Å². The number of sulfonamides is 1. The molecular formula is C13H25F3N2O2S. The average molecular weight is 330 g/mol. The van der Waals surface area contributed by atoms with Crippen LogP contribution in [-0.4, -0.2) is 49.8 Å². The minimum atomic E-state index is -4.30. The van der Waals surface area contributed by atoms with Gasteiger partial charge in [-0.15, -0.1) is 0 Å². The molecule has 1 heterocycles. The van der Waals surface area contributed by atoms with Gasteiger partial charge in [0.2, 0.25) is 10.0 Å². The number of halogens is 3. The zero-order chi connectivity index (χ0) is 16.1. The molecule has 0 aromatic heterocycles.